The summed E-state index contributed by atoms with van der Waals surface area (Å²) in [7, 11) is 1.40. The molecule has 1 N–H and O–H groups in total. The first-order valence-corrected chi connectivity index (χ1v) is 10.8. The predicted molar refractivity (Wildman–Crippen MR) is 127 cm³/mol. The van der Waals surface area contributed by atoms with Gasteiger partial charge >= 0.3 is 5.97 Å². The van der Waals surface area contributed by atoms with Crippen molar-refractivity contribution in [2.75, 3.05) is 12.4 Å². The first kappa shape index (κ1) is 21.6. The van der Waals surface area contributed by atoms with Gasteiger partial charge in [0.25, 0.3) is 0 Å². The molecular formula is C26H28N4O2. The zero-order chi connectivity index (χ0) is 22.7. The van der Waals surface area contributed by atoms with Crippen LogP contribution in [0.4, 0.5) is 5.69 Å². The summed E-state index contributed by atoms with van der Waals surface area (Å²) in [5, 5.41) is 3.29. The second-order valence-corrected chi connectivity index (χ2v) is 7.93. The molecule has 1 unspecified atom stereocenters. The molecule has 0 saturated carbocycles. The lowest BCUT2D eigenvalue weighted by atomic mass is 10.1. The number of carbonyl (C=O) groups excluding carboxylic acids is 1. The van der Waals surface area contributed by atoms with E-state index >= 15 is 0 Å². The predicted octanol–water partition coefficient (Wildman–Crippen LogP) is 4.99. The Morgan fingerprint density at radius 3 is 2.44 bits per heavy atom. The van der Waals surface area contributed by atoms with E-state index in [4.69, 9.17) is 14.7 Å². The molecule has 164 valence electrons. The minimum Gasteiger partial charge on any atom is -0.467 e. The normalized spacial score (nSPS) is 12.0. The van der Waals surface area contributed by atoms with Gasteiger partial charge in [-0.1, -0.05) is 49.4 Å². The molecule has 0 aliphatic heterocycles. The van der Waals surface area contributed by atoms with Crippen LogP contribution < -0.4 is 5.32 Å². The quantitative estimate of drug-likeness (QED) is 0.420. The molecule has 1 atom stereocenters. The minimum atomic E-state index is -0.563. The summed E-state index contributed by atoms with van der Waals surface area (Å²) in [5.41, 5.74) is 6.89. The van der Waals surface area contributed by atoms with Gasteiger partial charge in [-0.05, 0) is 48.7 Å². The van der Waals surface area contributed by atoms with E-state index in [1.54, 1.807) is 0 Å². The summed E-state index contributed by atoms with van der Waals surface area (Å²) in [6, 6.07) is 19.2. The number of benzene rings is 2. The largest absolute Gasteiger partial charge is 0.467 e. The maximum atomic E-state index is 12.3. The summed E-state index contributed by atoms with van der Waals surface area (Å²) in [6.45, 7) is 6.90. The Balaban J connectivity index is 1.59. The number of anilines is 1. The molecule has 0 amide bonds. The van der Waals surface area contributed by atoms with Gasteiger partial charge in [-0.2, -0.15) is 0 Å². The average Bonchev–Trinajstić information content (AvgIpc) is 3.16. The van der Waals surface area contributed by atoms with Crippen molar-refractivity contribution in [2.45, 2.75) is 39.8 Å². The number of hydrogen-bond donors (Lipinski definition) is 1. The topological polar surface area (TPSA) is 69.0 Å². The fraction of sp³-hybridized carbons (Fsp3) is 0.269. The molecule has 2 aromatic carbocycles. The number of hydrogen-bond acceptors (Lipinski definition) is 5. The number of ether oxygens (including phenoxy) is 1. The highest BCUT2D eigenvalue weighted by molar-refractivity contribution is 5.81. The summed E-state index contributed by atoms with van der Waals surface area (Å²) >= 11 is 0. The molecule has 32 heavy (non-hydrogen) atoms. The fourth-order valence-electron chi connectivity index (χ4n) is 3.98. The Morgan fingerprint density at radius 1 is 1.06 bits per heavy atom. The first-order chi connectivity index (χ1) is 15.5. The van der Waals surface area contributed by atoms with E-state index in [1.165, 1.54) is 7.11 Å². The summed E-state index contributed by atoms with van der Waals surface area (Å²) < 4.78 is 7.19. The molecule has 0 saturated heterocycles. The Kier molecular flexibility index (Phi) is 6.21. The van der Waals surface area contributed by atoms with E-state index in [0.29, 0.717) is 6.54 Å². The Labute approximate surface area is 188 Å². The number of aryl methyl sites for hydroxylation is 3. The van der Waals surface area contributed by atoms with Crippen LogP contribution in [0.2, 0.25) is 0 Å². The number of esters is 1. The molecule has 6 heteroatoms. The van der Waals surface area contributed by atoms with E-state index in [-0.39, 0.29) is 5.97 Å². The second kappa shape index (κ2) is 9.22. The summed E-state index contributed by atoms with van der Waals surface area (Å²) in [4.78, 5) is 21.9. The van der Waals surface area contributed by atoms with E-state index < -0.39 is 6.04 Å². The van der Waals surface area contributed by atoms with Crippen molar-refractivity contribution in [3.8, 4) is 0 Å². The van der Waals surface area contributed by atoms with Gasteiger partial charge in [0.2, 0.25) is 0 Å². The smallest absolute Gasteiger partial charge is 0.332 e. The van der Waals surface area contributed by atoms with E-state index in [9.17, 15) is 4.79 Å². The lowest BCUT2D eigenvalue weighted by molar-refractivity contribution is -0.141. The number of methoxy groups -OCH3 is 1. The number of nitrogens with zero attached hydrogens (tertiary/aromatic N) is 3. The van der Waals surface area contributed by atoms with Crippen molar-refractivity contribution in [1.82, 2.24) is 14.5 Å². The van der Waals surface area contributed by atoms with E-state index in [0.717, 1.165) is 51.5 Å². The number of fused-ring (bicyclic) bond motifs is 1. The second-order valence-electron chi connectivity index (χ2n) is 7.93. The molecular weight excluding hydrogens is 400 g/mol. The Bertz CT molecular complexity index is 1230. The Hall–Kier alpha value is -3.67. The van der Waals surface area contributed by atoms with Gasteiger partial charge in [0, 0.05) is 17.8 Å². The minimum absolute atomic E-state index is 0.324. The molecule has 2 heterocycles. The van der Waals surface area contributed by atoms with Crippen LogP contribution in [0.15, 0.2) is 60.7 Å². The Morgan fingerprint density at radius 2 is 1.78 bits per heavy atom. The van der Waals surface area contributed by atoms with Crippen LogP contribution in [-0.4, -0.2) is 27.6 Å². The van der Waals surface area contributed by atoms with Crippen molar-refractivity contribution < 1.29 is 9.53 Å². The van der Waals surface area contributed by atoms with E-state index in [1.807, 2.05) is 49.4 Å². The molecule has 0 radical (unpaired) electrons. The third kappa shape index (κ3) is 4.35. The van der Waals surface area contributed by atoms with Gasteiger partial charge < -0.3 is 14.6 Å². The van der Waals surface area contributed by atoms with Gasteiger partial charge in [0.05, 0.1) is 13.7 Å². The van der Waals surface area contributed by atoms with Crippen molar-refractivity contribution in [3.05, 3.63) is 88.9 Å². The molecule has 0 aliphatic rings. The van der Waals surface area contributed by atoms with Crippen LogP contribution in [0.5, 0.6) is 0 Å². The highest BCUT2D eigenvalue weighted by Crippen LogP contribution is 2.24. The van der Waals surface area contributed by atoms with Gasteiger partial charge in [0.15, 0.2) is 11.7 Å². The van der Waals surface area contributed by atoms with Gasteiger partial charge in [0.1, 0.15) is 11.3 Å². The summed E-state index contributed by atoms with van der Waals surface area (Å²) in [5.74, 6) is 0.702. The van der Waals surface area contributed by atoms with Crippen molar-refractivity contribution in [2.24, 2.45) is 0 Å². The molecule has 0 bridgehead atoms. The number of pyridine rings is 1. The van der Waals surface area contributed by atoms with Crippen molar-refractivity contribution in [3.63, 3.8) is 0 Å². The highest BCUT2D eigenvalue weighted by Gasteiger charge is 2.21. The van der Waals surface area contributed by atoms with Crippen LogP contribution in [0, 0.1) is 13.8 Å². The number of aromatic nitrogens is 3. The maximum Gasteiger partial charge on any atom is 0.332 e. The standard InChI is InChI=1S/C26H28N4O2/c1-5-22-29-23-17(2)15-18(3)27-25(23)30(22)16-19-11-13-21(14-12-19)28-24(26(31)32-4)20-9-7-6-8-10-20/h6-15,24,28H,5,16H2,1-4H3. The number of imidazole rings is 1. The lowest BCUT2D eigenvalue weighted by Crippen LogP contribution is -2.22. The molecule has 0 spiro atoms. The number of rotatable bonds is 7. The van der Waals surface area contributed by atoms with Crippen LogP contribution in [0.1, 0.15) is 41.2 Å². The highest BCUT2D eigenvalue weighted by atomic mass is 16.5. The average molecular weight is 429 g/mol. The van der Waals surface area contributed by atoms with Crippen LogP contribution in [-0.2, 0) is 22.5 Å². The monoisotopic (exact) mass is 428 g/mol. The van der Waals surface area contributed by atoms with E-state index in [2.05, 4.69) is 41.9 Å². The van der Waals surface area contributed by atoms with Crippen molar-refractivity contribution in [1.29, 1.82) is 0 Å². The SMILES string of the molecule is CCc1nc2c(C)cc(C)nc2n1Cc1ccc(NC(C(=O)OC)c2ccccc2)cc1. The zero-order valence-corrected chi connectivity index (χ0v) is 18.9. The number of carbonyl (C=O) groups is 1. The van der Waals surface area contributed by atoms with Gasteiger partial charge in [-0.25, -0.2) is 14.8 Å². The van der Waals surface area contributed by atoms with Gasteiger partial charge in [-0.15, -0.1) is 0 Å². The molecule has 0 fully saturated rings. The third-order valence-corrected chi connectivity index (χ3v) is 5.59. The zero-order valence-electron chi connectivity index (χ0n) is 18.9. The molecule has 6 nitrogen and oxygen atoms in total. The van der Waals surface area contributed by atoms with Crippen LogP contribution in [0.3, 0.4) is 0 Å². The molecule has 2 aromatic heterocycles. The first-order valence-electron chi connectivity index (χ1n) is 10.8. The van der Waals surface area contributed by atoms with Crippen LogP contribution in [0.25, 0.3) is 11.2 Å². The lowest BCUT2D eigenvalue weighted by Gasteiger charge is -2.18. The van der Waals surface area contributed by atoms with Crippen molar-refractivity contribution >= 4 is 22.8 Å². The molecule has 0 aliphatic carbocycles. The maximum absolute atomic E-state index is 12.3. The third-order valence-electron chi connectivity index (χ3n) is 5.59. The molecule has 4 rings (SSSR count). The fourth-order valence-corrected chi connectivity index (χ4v) is 3.98. The van der Waals surface area contributed by atoms with Gasteiger partial charge in [-0.3, -0.25) is 0 Å². The molecule has 4 aromatic rings. The van der Waals surface area contributed by atoms with Crippen LogP contribution >= 0.6 is 0 Å². The summed E-state index contributed by atoms with van der Waals surface area (Å²) in [6.07, 6.45) is 0.840. The number of nitrogens with one attached hydrogen (secondary N) is 1.